The summed E-state index contributed by atoms with van der Waals surface area (Å²) in [6.45, 7) is 3.80. The molecule has 0 saturated carbocycles. The van der Waals surface area contributed by atoms with Gasteiger partial charge in [-0.05, 0) is 56.3 Å². The monoisotopic (exact) mass is 361 g/mol. The maximum absolute atomic E-state index is 12.4. The number of carbonyl (C=O) groups excluding carboxylic acids is 2. The summed E-state index contributed by atoms with van der Waals surface area (Å²) in [5, 5.41) is 5.82. The molecule has 2 amide bonds. The molecule has 7 heteroatoms. The zero-order valence-corrected chi connectivity index (χ0v) is 15.0. The fraction of sp³-hybridized carbons (Fsp3) is 0.100. The molecule has 1 heterocycles. The first kappa shape index (κ1) is 18.1. The lowest BCUT2D eigenvalue weighted by Crippen LogP contribution is -2.18. The Bertz CT molecular complexity index is 979. The van der Waals surface area contributed by atoms with Crippen molar-refractivity contribution in [2.75, 3.05) is 10.6 Å². The van der Waals surface area contributed by atoms with E-state index in [1.165, 1.54) is 0 Å². The standard InChI is InChI=1S/C20H19N5O2/c1-12-11-13(2)23-20(22-12)24-15-9-7-14(8-10-15)19(27)25-17-6-4-3-5-16(17)18(21)26/h3-11H,1-2H3,(H2,21,26)(H,25,27)(H,22,23,24). The molecular formula is C20H19N5O2. The first-order valence-electron chi connectivity index (χ1n) is 8.32. The zero-order valence-electron chi connectivity index (χ0n) is 15.0. The Morgan fingerprint density at radius 3 is 2.19 bits per heavy atom. The second-order valence-electron chi connectivity index (χ2n) is 6.04. The molecule has 136 valence electrons. The van der Waals surface area contributed by atoms with E-state index in [-0.39, 0.29) is 11.5 Å². The third-order valence-corrected chi connectivity index (χ3v) is 3.83. The maximum Gasteiger partial charge on any atom is 0.255 e. The minimum atomic E-state index is -0.598. The van der Waals surface area contributed by atoms with Crippen LogP contribution in [-0.4, -0.2) is 21.8 Å². The minimum absolute atomic E-state index is 0.260. The van der Waals surface area contributed by atoms with Crippen molar-refractivity contribution >= 4 is 29.1 Å². The summed E-state index contributed by atoms with van der Waals surface area (Å²) in [5.74, 6) is -0.433. The summed E-state index contributed by atoms with van der Waals surface area (Å²) < 4.78 is 0. The zero-order chi connectivity index (χ0) is 19.4. The van der Waals surface area contributed by atoms with Gasteiger partial charge in [-0.25, -0.2) is 9.97 Å². The van der Waals surface area contributed by atoms with Crippen molar-refractivity contribution in [2.24, 2.45) is 5.73 Å². The van der Waals surface area contributed by atoms with Crippen LogP contribution in [0.4, 0.5) is 17.3 Å². The first-order valence-corrected chi connectivity index (χ1v) is 8.32. The second kappa shape index (κ2) is 7.65. The van der Waals surface area contributed by atoms with E-state index in [1.54, 1.807) is 48.5 Å². The summed E-state index contributed by atoms with van der Waals surface area (Å²) in [5.41, 5.74) is 8.91. The quantitative estimate of drug-likeness (QED) is 0.646. The van der Waals surface area contributed by atoms with Gasteiger partial charge in [-0.3, -0.25) is 9.59 Å². The lowest BCUT2D eigenvalue weighted by atomic mass is 10.1. The fourth-order valence-corrected chi connectivity index (χ4v) is 2.62. The topological polar surface area (TPSA) is 110 Å². The van der Waals surface area contributed by atoms with Gasteiger partial charge in [-0.1, -0.05) is 12.1 Å². The molecule has 0 radical (unpaired) electrons. The van der Waals surface area contributed by atoms with Crippen molar-refractivity contribution in [1.82, 2.24) is 9.97 Å². The summed E-state index contributed by atoms with van der Waals surface area (Å²) in [6, 6.07) is 15.4. The van der Waals surface area contributed by atoms with Gasteiger partial charge in [0.1, 0.15) is 0 Å². The molecule has 2 aromatic carbocycles. The van der Waals surface area contributed by atoms with Gasteiger partial charge in [0, 0.05) is 22.6 Å². The Morgan fingerprint density at radius 1 is 0.926 bits per heavy atom. The predicted octanol–water partition coefficient (Wildman–Crippen LogP) is 3.19. The van der Waals surface area contributed by atoms with E-state index in [1.807, 2.05) is 19.9 Å². The molecule has 0 aliphatic carbocycles. The van der Waals surface area contributed by atoms with Crippen molar-refractivity contribution in [1.29, 1.82) is 0 Å². The van der Waals surface area contributed by atoms with Crippen LogP contribution < -0.4 is 16.4 Å². The number of para-hydroxylation sites is 1. The molecule has 0 bridgehead atoms. The molecule has 3 aromatic rings. The van der Waals surface area contributed by atoms with Gasteiger partial charge in [0.2, 0.25) is 5.95 Å². The second-order valence-corrected chi connectivity index (χ2v) is 6.04. The van der Waals surface area contributed by atoms with Gasteiger partial charge in [0.05, 0.1) is 11.3 Å². The Morgan fingerprint density at radius 2 is 1.56 bits per heavy atom. The van der Waals surface area contributed by atoms with E-state index in [0.717, 1.165) is 17.1 Å². The third kappa shape index (κ3) is 4.46. The summed E-state index contributed by atoms with van der Waals surface area (Å²) >= 11 is 0. The Balaban J connectivity index is 1.73. The molecule has 0 saturated heterocycles. The molecule has 7 nitrogen and oxygen atoms in total. The van der Waals surface area contributed by atoms with Crippen LogP contribution in [-0.2, 0) is 0 Å². The molecule has 0 fully saturated rings. The Hall–Kier alpha value is -3.74. The SMILES string of the molecule is Cc1cc(C)nc(Nc2ccc(C(=O)Nc3ccccc3C(N)=O)cc2)n1. The van der Waals surface area contributed by atoms with Gasteiger partial charge in [0.15, 0.2) is 0 Å². The lowest BCUT2D eigenvalue weighted by Gasteiger charge is -2.10. The number of benzene rings is 2. The van der Waals surface area contributed by atoms with Crippen LogP contribution in [0.5, 0.6) is 0 Å². The smallest absolute Gasteiger partial charge is 0.255 e. The summed E-state index contributed by atoms with van der Waals surface area (Å²) in [7, 11) is 0. The van der Waals surface area contributed by atoms with E-state index in [4.69, 9.17) is 5.73 Å². The molecule has 27 heavy (non-hydrogen) atoms. The number of primary amides is 1. The summed E-state index contributed by atoms with van der Waals surface area (Å²) in [4.78, 5) is 32.5. The van der Waals surface area contributed by atoms with Crippen LogP contribution in [0.3, 0.4) is 0 Å². The number of hydrogen-bond acceptors (Lipinski definition) is 5. The largest absolute Gasteiger partial charge is 0.366 e. The van der Waals surface area contributed by atoms with Gasteiger partial charge < -0.3 is 16.4 Å². The number of nitrogens with one attached hydrogen (secondary N) is 2. The first-order chi connectivity index (χ1) is 12.9. The van der Waals surface area contributed by atoms with E-state index in [0.29, 0.717) is 17.2 Å². The number of anilines is 3. The molecule has 1 aromatic heterocycles. The molecule has 4 N–H and O–H groups in total. The Kier molecular flexibility index (Phi) is 5.12. The van der Waals surface area contributed by atoms with Crippen LogP contribution in [0.15, 0.2) is 54.6 Å². The highest BCUT2D eigenvalue weighted by Crippen LogP contribution is 2.18. The number of aromatic nitrogens is 2. The van der Waals surface area contributed by atoms with Crippen LogP contribution in [0, 0.1) is 13.8 Å². The van der Waals surface area contributed by atoms with Gasteiger partial charge in [-0.2, -0.15) is 0 Å². The molecule has 0 aliphatic heterocycles. The van der Waals surface area contributed by atoms with E-state index in [2.05, 4.69) is 20.6 Å². The molecular weight excluding hydrogens is 342 g/mol. The van der Waals surface area contributed by atoms with Crippen LogP contribution >= 0.6 is 0 Å². The molecule has 3 rings (SSSR count). The van der Waals surface area contributed by atoms with Gasteiger partial charge >= 0.3 is 0 Å². The molecule has 0 unspecified atom stereocenters. The number of amides is 2. The van der Waals surface area contributed by atoms with Gasteiger partial charge in [-0.15, -0.1) is 0 Å². The van der Waals surface area contributed by atoms with E-state index >= 15 is 0 Å². The number of hydrogen-bond donors (Lipinski definition) is 3. The van der Waals surface area contributed by atoms with Crippen molar-refractivity contribution in [3.8, 4) is 0 Å². The highest BCUT2D eigenvalue weighted by atomic mass is 16.2. The average molecular weight is 361 g/mol. The highest BCUT2D eigenvalue weighted by molar-refractivity contribution is 6.08. The summed E-state index contributed by atoms with van der Waals surface area (Å²) in [6.07, 6.45) is 0. The normalized spacial score (nSPS) is 10.3. The van der Waals surface area contributed by atoms with Crippen LogP contribution in [0.2, 0.25) is 0 Å². The number of aryl methyl sites for hydroxylation is 2. The third-order valence-electron chi connectivity index (χ3n) is 3.83. The number of nitrogens with zero attached hydrogens (tertiary/aromatic N) is 2. The fourth-order valence-electron chi connectivity index (χ4n) is 2.62. The molecule has 0 spiro atoms. The molecule has 0 aliphatic rings. The van der Waals surface area contributed by atoms with Crippen molar-refractivity contribution < 1.29 is 9.59 Å². The van der Waals surface area contributed by atoms with Crippen molar-refractivity contribution in [2.45, 2.75) is 13.8 Å². The van der Waals surface area contributed by atoms with E-state index < -0.39 is 5.91 Å². The number of nitrogens with two attached hydrogens (primary N) is 1. The van der Waals surface area contributed by atoms with Crippen molar-refractivity contribution in [3.05, 3.63) is 77.1 Å². The predicted molar refractivity (Wildman–Crippen MR) is 104 cm³/mol. The van der Waals surface area contributed by atoms with E-state index in [9.17, 15) is 9.59 Å². The molecule has 0 atom stereocenters. The van der Waals surface area contributed by atoms with Gasteiger partial charge in [0.25, 0.3) is 11.8 Å². The van der Waals surface area contributed by atoms with Crippen LogP contribution in [0.25, 0.3) is 0 Å². The number of carbonyl (C=O) groups is 2. The minimum Gasteiger partial charge on any atom is -0.366 e. The van der Waals surface area contributed by atoms with Crippen molar-refractivity contribution in [3.63, 3.8) is 0 Å². The number of rotatable bonds is 5. The average Bonchev–Trinajstić information content (AvgIpc) is 2.61. The highest BCUT2D eigenvalue weighted by Gasteiger charge is 2.12. The Labute approximate surface area is 156 Å². The lowest BCUT2D eigenvalue weighted by molar-refractivity contribution is 0.100. The maximum atomic E-state index is 12.4. The van der Waals surface area contributed by atoms with Crippen LogP contribution in [0.1, 0.15) is 32.1 Å².